The average molecular weight is 378 g/mol. The molecule has 0 amide bonds. The maximum atomic E-state index is 11.3. The van der Waals surface area contributed by atoms with E-state index in [-0.39, 0.29) is 0 Å². The summed E-state index contributed by atoms with van der Waals surface area (Å²) in [5.74, 6) is 0. The highest BCUT2D eigenvalue weighted by atomic mass is 79.9. The molecule has 0 aliphatic carbocycles. The van der Waals surface area contributed by atoms with Crippen molar-refractivity contribution in [2.75, 3.05) is 18.0 Å². The first-order valence-corrected chi connectivity index (χ1v) is 9.03. The quantitative estimate of drug-likeness (QED) is 0.489. The second-order valence-corrected chi connectivity index (χ2v) is 7.39. The van der Waals surface area contributed by atoms with Gasteiger partial charge in [0.1, 0.15) is 0 Å². The highest BCUT2D eigenvalue weighted by Gasteiger charge is 2.04. The van der Waals surface area contributed by atoms with E-state index in [1.54, 1.807) is 11.3 Å². The van der Waals surface area contributed by atoms with Gasteiger partial charge in [0.25, 0.3) is 0 Å². The molecule has 0 saturated carbocycles. The van der Waals surface area contributed by atoms with Gasteiger partial charge in [-0.15, -0.1) is 11.3 Å². The minimum absolute atomic E-state index is 0.753. The van der Waals surface area contributed by atoms with Gasteiger partial charge >= 0.3 is 0 Å². The summed E-state index contributed by atoms with van der Waals surface area (Å²) in [4.78, 5) is 14.6. The minimum Gasteiger partial charge on any atom is -0.372 e. The van der Waals surface area contributed by atoms with Crippen LogP contribution in [0.4, 0.5) is 5.69 Å². The van der Waals surface area contributed by atoms with E-state index in [2.05, 4.69) is 58.9 Å². The number of carbonyl (C=O) groups is 1. The third-order valence-electron chi connectivity index (χ3n) is 3.61. The Kier molecular flexibility index (Phi) is 6.40. The van der Waals surface area contributed by atoms with Crippen LogP contribution in [0.15, 0.2) is 46.3 Å². The molecule has 0 fully saturated rings. The van der Waals surface area contributed by atoms with Crippen molar-refractivity contribution in [2.45, 2.75) is 20.3 Å². The van der Waals surface area contributed by atoms with Gasteiger partial charge in [-0.3, -0.25) is 4.79 Å². The van der Waals surface area contributed by atoms with Crippen molar-refractivity contribution in [1.29, 1.82) is 0 Å². The van der Waals surface area contributed by atoms with Crippen LogP contribution < -0.4 is 4.90 Å². The number of allylic oxidation sites excluding steroid dienone is 2. The van der Waals surface area contributed by atoms with Crippen molar-refractivity contribution >= 4 is 44.8 Å². The molecule has 2 rings (SSSR count). The average Bonchev–Trinajstić information content (AvgIpc) is 2.97. The number of anilines is 1. The second-order valence-electron chi connectivity index (χ2n) is 4.92. The number of carbonyl (C=O) groups excluding carboxylic acids is 1. The number of aldehydes is 1. The summed E-state index contributed by atoms with van der Waals surface area (Å²) >= 11 is 5.01. The van der Waals surface area contributed by atoms with Gasteiger partial charge in [0.05, 0.1) is 3.79 Å². The zero-order valence-electron chi connectivity index (χ0n) is 12.9. The summed E-state index contributed by atoms with van der Waals surface area (Å²) in [5.41, 5.74) is 3.21. The molecule has 0 bridgehead atoms. The Labute approximate surface area is 144 Å². The highest BCUT2D eigenvalue weighted by Crippen LogP contribution is 2.27. The predicted molar refractivity (Wildman–Crippen MR) is 99.8 cm³/mol. The van der Waals surface area contributed by atoms with Gasteiger partial charge in [0, 0.05) is 29.2 Å². The van der Waals surface area contributed by atoms with Crippen LogP contribution in [0.3, 0.4) is 0 Å². The Morgan fingerprint density at radius 1 is 1.14 bits per heavy atom. The number of rotatable bonds is 7. The monoisotopic (exact) mass is 377 g/mol. The van der Waals surface area contributed by atoms with E-state index in [1.165, 1.54) is 11.3 Å². The number of benzene rings is 1. The van der Waals surface area contributed by atoms with E-state index in [1.807, 2.05) is 18.2 Å². The third kappa shape index (κ3) is 4.31. The van der Waals surface area contributed by atoms with Crippen LogP contribution >= 0.6 is 27.3 Å². The van der Waals surface area contributed by atoms with Crippen LogP contribution in [0.2, 0.25) is 0 Å². The van der Waals surface area contributed by atoms with Crippen LogP contribution in [-0.2, 0) is 11.2 Å². The fraction of sp³-hybridized carbons (Fsp3) is 0.278. The van der Waals surface area contributed by atoms with E-state index < -0.39 is 0 Å². The number of halogens is 1. The molecular weight excluding hydrogens is 358 g/mol. The molecule has 0 atom stereocenters. The van der Waals surface area contributed by atoms with E-state index in [0.29, 0.717) is 0 Å². The topological polar surface area (TPSA) is 20.3 Å². The smallest absolute Gasteiger partial charge is 0.151 e. The molecule has 22 heavy (non-hydrogen) atoms. The summed E-state index contributed by atoms with van der Waals surface area (Å²) in [6, 6.07) is 12.5. The largest absolute Gasteiger partial charge is 0.372 e. The minimum atomic E-state index is 0.753. The lowest BCUT2D eigenvalue weighted by Crippen LogP contribution is -2.21. The van der Waals surface area contributed by atoms with Crippen molar-refractivity contribution < 1.29 is 4.79 Å². The molecule has 2 nitrogen and oxygen atoms in total. The summed E-state index contributed by atoms with van der Waals surface area (Å²) in [6.07, 6.45) is 3.70. The number of hydrogen-bond acceptors (Lipinski definition) is 3. The summed E-state index contributed by atoms with van der Waals surface area (Å²) in [5, 5.41) is 0. The summed E-state index contributed by atoms with van der Waals surface area (Å²) in [7, 11) is 0. The number of thiophene rings is 1. The van der Waals surface area contributed by atoms with Crippen molar-refractivity contribution in [3.05, 3.63) is 56.7 Å². The van der Waals surface area contributed by atoms with Crippen LogP contribution in [0.1, 0.15) is 24.3 Å². The van der Waals surface area contributed by atoms with Gasteiger partial charge in [-0.1, -0.05) is 18.2 Å². The van der Waals surface area contributed by atoms with Crippen molar-refractivity contribution in [2.24, 2.45) is 0 Å². The van der Waals surface area contributed by atoms with Crippen LogP contribution in [0.5, 0.6) is 0 Å². The maximum absolute atomic E-state index is 11.3. The van der Waals surface area contributed by atoms with E-state index >= 15 is 0 Å². The molecule has 0 aliphatic rings. The molecule has 4 heteroatoms. The summed E-state index contributed by atoms with van der Waals surface area (Å²) < 4.78 is 1.04. The van der Waals surface area contributed by atoms with Crippen LogP contribution in [-0.4, -0.2) is 19.4 Å². The van der Waals surface area contributed by atoms with E-state index in [4.69, 9.17) is 0 Å². The van der Waals surface area contributed by atoms with Crippen molar-refractivity contribution in [1.82, 2.24) is 0 Å². The number of hydrogen-bond donors (Lipinski definition) is 0. The van der Waals surface area contributed by atoms with Gasteiger partial charge in [0.2, 0.25) is 0 Å². The van der Waals surface area contributed by atoms with Gasteiger partial charge in [0.15, 0.2) is 6.29 Å². The first-order valence-electron chi connectivity index (χ1n) is 7.42. The van der Waals surface area contributed by atoms with Crippen molar-refractivity contribution in [3.63, 3.8) is 0 Å². The molecule has 0 radical (unpaired) electrons. The van der Waals surface area contributed by atoms with Gasteiger partial charge in [-0.25, -0.2) is 0 Å². The first-order chi connectivity index (χ1) is 10.7. The van der Waals surface area contributed by atoms with Gasteiger partial charge < -0.3 is 4.90 Å². The highest BCUT2D eigenvalue weighted by molar-refractivity contribution is 9.11. The third-order valence-corrected chi connectivity index (χ3v) is 5.28. The van der Waals surface area contributed by atoms with E-state index in [9.17, 15) is 4.79 Å². The Bertz CT molecular complexity index is 641. The molecule has 1 heterocycles. The second kappa shape index (κ2) is 8.30. The Balaban J connectivity index is 2.10. The molecule has 0 saturated heterocycles. The number of nitrogens with zero attached hydrogens (tertiary/aromatic N) is 1. The lowest BCUT2D eigenvalue weighted by Gasteiger charge is -2.21. The lowest BCUT2D eigenvalue weighted by atomic mass is 10.1. The zero-order chi connectivity index (χ0) is 15.9. The van der Waals surface area contributed by atoms with Crippen LogP contribution in [0.25, 0.3) is 5.57 Å². The molecule has 0 N–H and O–H groups in total. The normalized spacial score (nSPS) is 11.5. The maximum Gasteiger partial charge on any atom is 0.151 e. The first kappa shape index (κ1) is 17.0. The Morgan fingerprint density at radius 2 is 1.82 bits per heavy atom. The fourth-order valence-corrected chi connectivity index (χ4v) is 3.72. The van der Waals surface area contributed by atoms with E-state index in [0.717, 1.165) is 40.0 Å². The van der Waals surface area contributed by atoms with Crippen LogP contribution in [0, 0.1) is 0 Å². The SMILES string of the molecule is CCN(CC)c1ccc(CC=C(C=O)c2ccc(Br)s2)cc1. The molecular formula is C18H20BrNOS. The fourth-order valence-electron chi connectivity index (χ4n) is 2.34. The molecule has 1 aromatic carbocycles. The standard InChI is InChI=1S/C18H20BrNOS/c1-3-20(4-2)16-9-6-14(7-10-16)5-8-15(13-21)17-11-12-18(19)22-17/h6-13H,3-5H2,1-2H3. The lowest BCUT2D eigenvalue weighted by molar-refractivity contribution is -0.103. The molecule has 0 aliphatic heterocycles. The molecule has 116 valence electrons. The van der Waals surface area contributed by atoms with Gasteiger partial charge in [-0.05, 0) is 66.0 Å². The summed E-state index contributed by atoms with van der Waals surface area (Å²) in [6.45, 7) is 6.35. The molecule has 0 spiro atoms. The zero-order valence-corrected chi connectivity index (χ0v) is 15.3. The molecule has 2 aromatic rings. The molecule has 0 unspecified atom stereocenters. The molecule has 1 aromatic heterocycles. The Morgan fingerprint density at radius 3 is 2.32 bits per heavy atom. The van der Waals surface area contributed by atoms with Gasteiger partial charge in [-0.2, -0.15) is 0 Å². The predicted octanol–water partition coefficient (Wildman–Crippen LogP) is 5.18. The Hall–Kier alpha value is -1.39. The van der Waals surface area contributed by atoms with Crippen molar-refractivity contribution in [3.8, 4) is 0 Å².